The minimum Gasteiger partial charge on any atom is -0.378 e. The fraction of sp³-hybridized carbons (Fsp3) is 0.647. The van der Waals surface area contributed by atoms with Gasteiger partial charge in [0.05, 0.1) is 19.8 Å². The molecular formula is C17H26N4O3. The van der Waals surface area contributed by atoms with Gasteiger partial charge in [0, 0.05) is 56.2 Å². The van der Waals surface area contributed by atoms with Crippen molar-refractivity contribution in [2.24, 2.45) is 0 Å². The maximum absolute atomic E-state index is 12.5. The van der Waals surface area contributed by atoms with Crippen LogP contribution in [0, 0.1) is 13.8 Å². The molecule has 3 heterocycles. The first kappa shape index (κ1) is 17.0. The second-order valence-corrected chi connectivity index (χ2v) is 6.56. The molecule has 2 amide bonds. The van der Waals surface area contributed by atoms with Gasteiger partial charge >= 0.3 is 6.03 Å². The number of piperazine rings is 1. The van der Waals surface area contributed by atoms with Gasteiger partial charge in [-0.15, -0.1) is 0 Å². The summed E-state index contributed by atoms with van der Waals surface area (Å²) in [4.78, 5) is 34.0. The summed E-state index contributed by atoms with van der Waals surface area (Å²) in [6.45, 7) is 9.72. The average Bonchev–Trinajstić information content (AvgIpc) is 2.94. The predicted octanol–water partition coefficient (Wildman–Crippen LogP) is 0.884. The molecule has 7 nitrogen and oxygen atoms in total. The first-order valence-corrected chi connectivity index (χ1v) is 8.58. The summed E-state index contributed by atoms with van der Waals surface area (Å²) >= 11 is 0. The van der Waals surface area contributed by atoms with Crippen LogP contribution in [0.4, 0.5) is 4.79 Å². The van der Waals surface area contributed by atoms with Crippen molar-refractivity contribution in [1.82, 2.24) is 19.7 Å². The molecule has 0 radical (unpaired) electrons. The van der Waals surface area contributed by atoms with E-state index in [0.29, 0.717) is 45.9 Å². The zero-order valence-corrected chi connectivity index (χ0v) is 14.5. The lowest BCUT2D eigenvalue weighted by molar-refractivity contribution is 0.0376. The highest BCUT2D eigenvalue weighted by atomic mass is 16.5. The molecule has 24 heavy (non-hydrogen) atoms. The van der Waals surface area contributed by atoms with Crippen molar-refractivity contribution in [3.8, 4) is 0 Å². The van der Waals surface area contributed by atoms with Gasteiger partial charge in [0.25, 0.3) is 0 Å². The van der Waals surface area contributed by atoms with Gasteiger partial charge in [-0.1, -0.05) is 0 Å². The number of carbonyl (C=O) groups is 2. The van der Waals surface area contributed by atoms with Gasteiger partial charge in [-0.05, 0) is 19.9 Å². The third-order valence-corrected chi connectivity index (χ3v) is 4.74. The molecule has 1 N–H and O–H groups in total. The second kappa shape index (κ2) is 7.36. The van der Waals surface area contributed by atoms with Crippen molar-refractivity contribution in [3.63, 3.8) is 0 Å². The van der Waals surface area contributed by atoms with Crippen LogP contribution >= 0.6 is 0 Å². The number of rotatable bonds is 3. The molecule has 1 aromatic rings. The normalized spacial score (nSPS) is 19.6. The molecule has 2 aliphatic heterocycles. The van der Waals surface area contributed by atoms with Gasteiger partial charge in [0.2, 0.25) is 0 Å². The van der Waals surface area contributed by atoms with Crippen LogP contribution in [-0.2, 0) is 4.74 Å². The Bertz CT molecular complexity index is 599. The summed E-state index contributed by atoms with van der Waals surface area (Å²) in [5, 5.41) is 0. The molecule has 0 unspecified atom stereocenters. The summed E-state index contributed by atoms with van der Waals surface area (Å²) in [6.07, 6.45) is 0. The SMILES string of the molecule is Cc1cc(C(=O)CN2CCN(C(=O)N3CCOCC3)CC2)c(C)[nH]1. The summed E-state index contributed by atoms with van der Waals surface area (Å²) in [5.74, 6) is 0.143. The van der Waals surface area contributed by atoms with E-state index < -0.39 is 0 Å². The lowest BCUT2D eigenvalue weighted by atomic mass is 10.1. The molecule has 2 aliphatic rings. The number of aromatic amines is 1. The number of urea groups is 1. The molecule has 0 bridgehead atoms. The highest BCUT2D eigenvalue weighted by Crippen LogP contribution is 2.13. The number of hydrogen-bond donors (Lipinski definition) is 1. The summed E-state index contributed by atoms with van der Waals surface area (Å²) in [7, 11) is 0. The quantitative estimate of drug-likeness (QED) is 0.834. The molecule has 0 atom stereocenters. The smallest absolute Gasteiger partial charge is 0.320 e. The van der Waals surface area contributed by atoms with E-state index in [4.69, 9.17) is 4.74 Å². The maximum atomic E-state index is 12.5. The van der Waals surface area contributed by atoms with Crippen molar-refractivity contribution in [2.75, 3.05) is 59.0 Å². The molecule has 3 rings (SSSR count). The van der Waals surface area contributed by atoms with E-state index in [-0.39, 0.29) is 11.8 Å². The lowest BCUT2D eigenvalue weighted by Crippen LogP contribution is -2.55. The molecule has 0 aromatic carbocycles. The van der Waals surface area contributed by atoms with E-state index in [1.54, 1.807) is 0 Å². The number of aromatic nitrogens is 1. The Morgan fingerprint density at radius 3 is 2.25 bits per heavy atom. The minimum absolute atomic E-state index is 0.0985. The van der Waals surface area contributed by atoms with E-state index in [0.717, 1.165) is 30.0 Å². The number of ether oxygens (including phenoxy) is 1. The lowest BCUT2D eigenvalue weighted by Gasteiger charge is -2.38. The number of nitrogens with zero attached hydrogens (tertiary/aromatic N) is 3. The number of ketones is 1. The summed E-state index contributed by atoms with van der Waals surface area (Å²) in [5.41, 5.74) is 2.72. The van der Waals surface area contributed by atoms with Gasteiger partial charge in [-0.3, -0.25) is 9.69 Å². The van der Waals surface area contributed by atoms with Crippen LogP contribution in [0.1, 0.15) is 21.7 Å². The maximum Gasteiger partial charge on any atom is 0.320 e. The van der Waals surface area contributed by atoms with Gasteiger partial charge in [-0.2, -0.15) is 0 Å². The molecule has 0 saturated carbocycles. The van der Waals surface area contributed by atoms with Crippen LogP contribution in [0.3, 0.4) is 0 Å². The fourth-order valence-corrected chi connectivity index (χ4v) is 3.35. The Morgan fingerprint density at radius 2 is 1.67 bits per heavy atom. The van der Waals surface area contributed by atoms with Gasteiger partial charge in [-0.25, -0.2) is 4.79 Å². The number of nitrogens with one attached hydrogen (secondary N) is 1. The average molecular weight is 334 g/mol. The first-order chi connectivity index (χ1) is 11.5. The fourth-order valence-electron chi connectivity index (χ4n) is 3.35. The molecular weight excluding hydrogens is 308 g/mol. The van der Waals surface area contributed by atoms with Crippen molar-refractivity contribution in [3.05, 3.63) is 23.0 Å². The largest absolute Gasteiger partial charge is 0.378 e. The van der Waals surface area contributed by atoms with Crippen LogP contribution in [0.15, 0.2) is 6.07 Å². The third-order valence-electron chi connectivity index (χ3n) is 4.74. The number of hydrogen-bond acceptors (Lipinski definition) is 4. The van der Waals surface area contributed by atoms with Crippen LogP contribution in [0.2, 0.25) is 0 Å². The standard InChI is InChI=1S/C17H26N4O3/c1-13-11-15(14(2)18-13)16(22)12-19-3-5-20(6-4-19)17(23)21-7-9-24-10-8-21/h11,18H,3-10,12H2,1-2H3. The number of morpholine rings is 1. The predicted molar refractivity (Wildman–Crippen MR) is 90.4 cm³/mol. The molecule has 2 saturated heterocycles. The Labute approximate surface area is 142 Å². The van der Waals surface area contributed by atoms with E-state index in [2.05, 4.69) is 9.88 Å². The topological polar surface area (TPSA) is 68.9 Å². The van der Waals surface area contributed by atoms with Gasteiger partial charge < -0.3 is 19.5 Å². The summed E-state index contributed by atoms with van der Waals surface area (Å²) in [6, 6.07) is 2.01. The number of carbonyl (C=O) groups excluding carboxylic acids is 2. The van der Waals surface area contributed by atoms with Crippen LogP contribution in [0.25, 0.3) is 0 Å². The van der Waals surface area contributed by atoms with Crippen molar-refractivity contribution < 1.29 is 14.3 Å². The zero-order valence-electron chi connectivity index (χ0n) is 14.5. The monoisotopic (exact) mass is 334 g/mol. The highest BCUT2D eigenvalue weighted by molar-refractivity contribution is 5.98. The Balaban J connectivity index is 1.49. The second-order valence-electron chi connectivity index (χ2n) is 6.56. The number of aryl methyl sites for hydroxylation is 2. The van der Waals surface area contributed by atoms with E-state index in [9.17, 15) is 9.59 Å². The molecule has 2 fully saturated rings. The van der Waals surface area contributed by atoms with E-state index >= 15 is 0 Å². The Kier molecular flexibility index (Phi) is 5.20. The Morgan fingerprint density at radius 1 is 1.04 bits per heavy atom. The zero-order chi connectivity index (χ0) is 17.1. The number of H-pyrrole nitrogens is 1. The molecule has 132 valence electrons. The Hall–Kier alpha value is -1.86. The molecule has 0 spiro atoms. The number of amides is 2. The number of Topliss-reactive ketones (excluding diaryl/α,β-unsaturated/α-hetero) is 1. The highest BCUT2D eigenvalue weighted by Gasteiger charge is 2.27. The van der Waals surface area contributed by atoms with Crippen molar-refractivity contribution in [2.45, 2.75) is 13.8 Å². The van der Waals surface area contributed by atoms with Crippen molar-refractivity contribution >= 4 is 11.8 Å². The first-order valence-electron chi connectivity index (χ1n) is 8.58. The van der Waals surface area contributed by atoms with Crippen LogP contribution in [0.5, 0.6) is 0 Å². The van der Waals surface area contributed by atoms with Crippen molar-refractivity contribution in [1.29, 1.82) is 0 Å². The van der Waals surface area contributed by atoms with Gasteiger partial charge in [0.1, 0.15) is 0 Å². The minimum atomic E-state index is 0.0985. The van der Waals surface area contributed by atoms with Crippen LogP contribution in [-0.4, -0.2) is 90.5 Å². The molecule has 7 heteroatoms. The van der Waals surface area contributed by atoms with E-state index in [1.807, 2.05) is 29.7 Å². The molecule has 1 aromatic heterocycles. The van der Waals surface area contributed by atoms with Crippen LogP contribution < -0.4 is 0 Å². The van der Waals surface area contributed by atoms with E-state index in [1.165, 1.54) is 0 Å². The third kappa shape index (κ3) is 3.79. The van der Waals surface area contributed by atoms with Gasteiger partial charge in [0.15, 0.2) is 5.78 Å². The summed E-state index contributed by atoms with van der Waals surface area (Å²) < 4.78 is 5.29. The molecule has 0 aliphatic carbocycles.